The lowest BCUT2D eigenvalue weighted by atomic mass is 9.75. The second-order valence-electron chi connectivity index (χ2n) is 14.1. The van der Waals surface area contributed by atoms with Crippen LogP contribution in [0.4, 0.5) is 9.18 Å². The third-order valence-electron chi connectivity index (χ3n) is 10.1. The minimum Gasteiger partial charge on any atom is -0.475 e. The highest BCUT2D eigenvalue weighted by Crippen LogP contribution is 2.50. The Morgan fingerprint density at radius 1 is 1.07 bits per heavy atom. The average Bonchev–Trinajstić information content (AvgIpc) is 3.59. The molecule has 11 heteroatoms. The van der Waals surface area contributed by atoms with E-state index >= 15 is 0 Å². The minimum atomic E-state index is -1.24. The molecule has 2 saturated carbocycles. The zero-order chi connectivity index (χ0) is 32.5. The molecule has 1 aliphatic heterocycles. The fraction of sp³-hybridized carbons (Fsp3) is 0.647. The van der Waals surface area contributed by atoms with E-state index in [4.69, 9.17) is 14.9 Å². The van der Waals surface area contributed by atoms with Crippen LogP contribution in [0.2, 0.25) is 0 Å². The molecule has 1 saturated heterocycles. The fourth-order valence-corrected chi connectivity index (χ4v) is 8.08. The molecule has 4 N–H and O–H groups in total. The van der Waals surface area contributed by atoms with Gasteiger partial charge < -0.3 is 30.2 Å². The number of aromatic carboxylic acids is 1. The van der Waals surface area contributed by atoms with E-state index in [0.29, 0.717) is 48.6 Å². The molecule has 1 unspecified atom stereocenters. The number of nitrogens with zero attached hydrogens (tertiary/aromatic N) is 1. The first-order valence-corrected chi connectivity index (χ1v) is 16.3. The summed E-state index contributed by atoms with van der Waals surface area (Å²) in [6, 6.07) is 4.75. The van der Waals surface area contributed by atoms with Gasteiger partial charge in [0.15, 0.2) is 0 Å². The number of carbonyl (C=O) groups is 4. The van der Waals surface area contributed by atoms with Gasteiger partial charge in [-0.15, -0.1) is 0 Å². The van der Waals surface area contributed by atoms with Crippen molar-refractivity contribution in [3.05, 3.63) is 35.6 Å². The van der Waals surface area contributed by atoms with E-state index in [1.807, 2.05) is 0 Å². The van der Waals surface area contributed by atoms with Gasteiger partial charge in [0.25, 0.3) is 0 Å². The number of likely N-dealkylation sites (tertiary alicyclic amines) is 1. The molecule has 0 radical (unpaired) electrons. The number of amides is 3. The van der Waals surface area contributed by atoms with Crippen LogP contribution in [0.3, 0.4) is 0 Å². The first-order valence-electron chi connectivity index (χ1n) is 16.3. The topological polar surface area (TPSA) is 152 Å². The fourth-order valence-electron chi connectivity index (χ4n) is 8.08. The summed E-state index contributed by atoms with van der Waals surface area (Å²) in [6.45, 7) is 4.46. The van der Waals surface area contributed by atoms with Gasteiger partial charge in [0.1, 0.15) is 23.9 Å². The van der Waals surface area contributed by atoms with E-state index in [0.717, 1.165) is 32.1 Å². The normalized spacial score (nSPS) is 26.8. The number of hydrogen-bond acceptors (Lipinski definition) is 6. The van der Waals surface area contributed by atoms with Gasteiger partial charge in [-0.2, -0.15) is 0 Å². The Morgan fingerprint density at radius 3 is 2.33 bits per heavy atom. The van der Waals surface area contributed by atoms with E-state index in [-0.39, 0.29) is 29.4 Å². The molecule has 2 aromatic rings. The molecule has 0 bridgehead atoms. The number of carboxylic acid groups (broad SMARTS) is 1. The standard InChI is InChI=1S/C34H46FN3O7/c1-34(2,3)45-33(43)37-24(18-35)20-13-15-21(16-14-20)31(40)38-25(17-23(28(38)30(36)39)19-9-5-4-6-10-19)27-22-11-7-8-12-26(22)44-29(27)32(41)42/h7-8,11-12,19-21,23-25,28H,4-6,9-10,13-18H2,1-3H3,(H2,36,39)(H,37,43)(H,41,42)/t20?,21?,23-,24+,25?,28-/m0/s1. The molecule has 3 amide bonds. The van der Waals surface area contributed by atoms with E-state index in [2.05, 4.69) is 5.32 Å². The van der Waals surface area contributed by atoms with Gasteiger partial charge in [-0.1, -0.05) is 50.3 Å². The number of carboxylic acids is 1. The molecule has 0 spiro atoms. The van der Waals surface area contributed by atoms with Crippen molar-refractivity contribution >= 4 is 34.8 Å². The lowest BCUT2D eigenvalue weighted by Gasteiger charge is -2.38. The van der Waals surface area contributed by atoms with Crippen molar-refractivity contribution < 1.29 is 37.8 Å². The molecule has 2 heterocycles. The SMILES string of the molecule is CC(C)(C)OC(=O)N[C@H](CF)C1CCC(C(=O)N2C(c3c(C(=O)O)oc4ccccc34)C[C@@H](C3CCCCC3)[C@H]2C(N)=O)CC1. The van der Waals surface area contributed by atoms with Crippen LogP contribution in [0, 0.1) is 23.7 Å². The number of primary amides is 1. The van der Waals surface area contributed by atoms with E-state index < -0.39 is 54.3 Å². The number of benzene rings is 1. The summed E-state index contributed by atoms with van der Waals surface area (Å²) in [7, 11) is 0. The van der Waals surface area contributed by atoms with Gasteiger partial charge in [-0.3, -0.25) is 9.59 Å². The van der Waals surface area contributed by atoms with Gasteiger partial charge in [0.05, 0.1) is 12.1 Å². The third-order valence-corrected chi connectivity index (χ3v) is 10.1. The first-order chi connectivity index (χ1) is 21.4. The number of para-hydroxylation sites is 1. The zero-order valence-corrected chi connectivity index (χ0v) is 26.4. The number of alkyl halides is 1. The van der Waals surface area contributed by atoms with Crippen molar-refractivity contribution in [2.24, 2.45) is 29.4 Å². The van der Waals surface area contributed by atoms with Crippen LogP contribution >= 0.6 is 0 Å². The molecule has 246 valence electrons. The van der Waals surface area contributed by atoms with Crippen LogP contribution < -0.4 is 11.1 Å². The molecular formula is C34H46FN3O7. The van der Waals surface area contributed by atoms with Crippen molar-refractivity contribution in [3.63, 3.8) is 0 Å². The highest BCUT2D eigenvalue weighted by Gasteiger charge is 2.53. The predicted molar refractivity (Wildman–Crippen MR) is 165 cm³/mol. The quantitative estimate of drug-likeness (QED) is 0.319. The molecule has 3 fully saturated rings. The second-order valence-corrected chi connectivity index (χ2v) is 14.1. The third kappa shape index (κ3) is 6.97. The summed E-state index contributed by atoms with van der Waals surface area (Å²) in [4.78, 5) is 54.1. The maximum Gasteiger partial charge on any atom is 0.407 e. The van der Waals surface area contributed by atoms with Gasteiger partial charge in [-0.05, 0) is 76.7 Å². The Kier molecular flexibility index (Phi) is 9.74. The molecular weight excluding hydrogens is 581 g/mol. The number of hydrogen-bond donors (Lipinski definition) is 3. The molecule has 45 heavy (non-hydrogen) atoms. The van der Waals surface area contributed by atoms with E-state index in [1.165, 1.54) is 0 Å². The number of alkyl carbamates (subject to hydrolysis) is 1. The Balaban J connectivity index is 1.43. The number of rotatable bonds is 8. The maximum atomic E-state index is 14.5. The molecule has 10 nitrogen and oxygen atoms in total. The Morgan fingerprint density at radius 2 is 1.73 bits per heavy atom. The Labute approximate surface area is 263 Å². The Hall–Kier alpha value is -3.63. The first kappa shape index (κ1) is 32.8. The van der Waals surface area contributed by atoms with Crippen molar-refractivity contribution in [1.29, 1.82) is 0 Å². The van der Waals surface area contributed by atoms with Gasteiger partial charge in [0.2, 0.25) is 17.6 Å². The average molecular weight is 628 g/mol. The number of nitrogens with one attached hydrogen (secondary N) is 1. The highest BCUT2D eigenvalue weighted by atomic mass is 19.1. The summed E-state index contributed by atoms with van der Waals surface area (Å²) in [5, 5.41) is 13.4. The molecule has 1 aromatic heterocycles. The molecule has 3 aliphatic rings. The summed E-state index contributed by atoms with van der Waals surface area (Å²) >= 11 is 0. The number of furan rings is 1. The van der Waals surface area contributed by atoms with Crippen molar-refractivity contribution in [2.45, 2.75) is 109 Å². The maximum absolute atomic E-state index is 14.5. The number of nitrogens with two attached hydrogens (primary N) is 1. The van der Waals surface area contributed by atoms with Crippen LogP contribution in [0.15, 0.2) is 28.7 Å². The van der Waals surface area contributed by atoms with Crippen LogP contribution in [0.1, 0.15) is 107 Å². The van der Waals surface area contributed by atoms with Crippen molar-refractivity contribution in [2.75, 3.05) is 6.67 Å². The van der Waals surface area contributed by atoms with Crippen LogP contribution in [-0.2, 0) is 14.3 Å². The largest absolute Gasteiger partial charge is 0.475 e. The number of fused-ring (bicyclic) bond motifs is 1. The summed E-state index contributed by atoms with van der Waals surface area (Å²) < 4.78 is 25.2. The smallest absolute Gasteiger partial charge is 0.407 e. The van der Waals surface area contributed by atoms with E-state index in [1.54, 1.807) is 49.9 Å². The molecule has 1 aromatic carbocycles. The van der Waals surface area contributed by atoms with Crippen LogP contribution in [0.25, 0.3) is 11.0 Å². The van der Waals surface area contributed by atoms with Crippen molar-refractivity contribution in [1.82, 2.24) is 10.2 Å². The number of carbonyl (C=O) groups excluding carboxylic acids is 3. The van der Waals surface area contributed by atoms with Gasteiger partial charge >= 0.3 is 12.1 Å². The second kappa shape index (κ2) is 13.4. The minimum absolute atomic E-state index is 0.181. The lowest BCUT2D eigenvalue weighted by molar-refractivity contribution is -0.145. The van der Waals surface area contributed by atoms with Crippen molar-refractivity contribution in [3.8, 4) is 0 Å². The number of ether oxygens (including phenoxy) is 1. The number of halogens is 1. The summed E-state index contributed by atoms with van der Waals surface area (Å²) in [5.41, 5.74) is 6.18. The predicted octanol–water partition coefficient (Wildman–Crippen LogP) is 6.12. The van der Waals surface area contributed by atoms with Crippen LogP contribution in [-0.4, -0.2) is 58.2 Å². The van der Waals surface area contributed by atoms with Crippen LogP contribution in [0.5, 0.6) is 0 Å². The zero-order valence-electron chi connectivity index (χ0n) is 26.4. The molecule has 2 aliphatic carbocycles. The van der Waals surface area contributed by atoms with Gasteiger partial charge in [-0.25, -0.2) is 14.0 Å². The monoisotopic (exact) mass is 627 g/mol. The summed E-state index contributed by atoms with van der Waals surface area (Å²) in [5.74, 6) is -2.92. The molecule has 5 rings (SSSR count). The Bertz CT molecular complexity index is 1400. The van der Waals surface area contributed by atoms with Gasteiger partial charge in [0, 0.05) is 16.9 Å². The van der Waals surface area contributed by atoms with E-state index in [9.17, 15) is 28.7 Å². The lowest BCUT2D eigenvalue weighted by Crippen LogP contribution is -2.51. The molecule has 4 atom stereocenters. The highest BCUT2D eigenvalue weighted by molar-refractivity contribution is 5.97. The summed E-state index contributed by atoms with van der Waals surface area (Å²) in [6.07, 6.45) is 6.70.